The molecule has 2 aromatic carbocycles. The van der Waals surface area contributed by atoms with Crippen LogP contribution in [0.2, 0.25) is 5.02 Å². The van der Waals surface area contributed by atoms with Crippen molar-refractivity contribution in [1.82, 2.24) is 14.8 Å². The molecule has 0 radical (unpaired) electrons. The van der Waals surface area contributed by atoms with Crippen LogP contribution in [0.5, 0.6) is 0 Å². The standard InChI is InChI=1S/C20H19ClFN5O/c1-27-18(25-19(26-27)12-6-7-12)11-23-16-5-3-2-4-14(16)20(28)24-17-9-8-13(22)10-15(17)21/h2-5,8-10,12,23H,6-7,11H2,1H3,(H,24,28). The first kappa shape index (κ1) is 18.4. The number of rotatable bonds is 6. The molecule has 1 aliphatic carbocycles. The Morgan fingerprint density at radius 3 is 2.79 bits per heavy atom. The van der Waals surface area contributed by atoms with Crippen molar-refractivity contribution in [1.29, 1.82) is 0 Å². The number of halogens is 2. The molecule has 0 bridgehead atoms. The number of nitrogens with zero attached hydrogens (tertiary/aromatic N) is 3. The van der Waals surface area contributed by atoms with E-state index >= 15 is 0 Å². The number of benzene rings is 2. The molecular formula is C20H19ClFN5O. The number of hydrogen-bond acceptors (Lipinski definition) is 4. The van der Waals surface area contributed by atoms with Crippen molar-refractivity contribution in [3.8, 4) is 0 Å². The SMILES string of the molecule is Cn1nc(C2CC2)nc1CNc1ccccc1C(=O)Nc1ccc(F)cc1Cl. The average molecular weight is 400 g/mol. The van der Waals surface area contributed by atoms with E-state index in [-0.39, 0.29) is 10.9 Å². The van der Waals surface area contributed by atoms with Gasteiger partial charge in [0.2, 0.25) is 0 Å². The van der Waals surface area contributed by atoms with Gasteiger partial charge in [-0.3, -0.25) is 9.48 Å². The summed E-state index contributed by atoms with van der Waals surface area (Å²) in [7, 11) is 1.87. The third kappa shape index (κ3) is 3.99. The summed E-state index contributed by atoms with van der Waals surface area (Å²) in [5, 5.41) is 10.6. The molecule has 1 heterocycles. The highest BCUT2D eigenvalue weighted by molar-refractivity contribution is 6.34. The van der Waals surface area contributed by atoms with Crippen LogP contribution >= 0.6 is 11.6 Å². The molecule has 2 N–H and O–H groups in total. The summed E-state index contributed by atoms with van der Waals surface area (Å²) in [6.07, 6.45) is 2.29. The smallest absolute Gasteiger partial charge is 0.257 e. The second kappa shape index (κ2) is 7.59. The lowest BCUT2D eigenvalue weighted by atomic mass is 10.1. The number of para-hydroxylation sites is 1. The number of amides is 1. The highest BCUT2D eigenvalue weighted by Gasteiger charge is 2.28. The fraction of sp³-hybridized carbons (Fsp3) is 0.250. The Kier molecular flexibility index (Phi) is 5.00. The highest BCUT2D eigenvalue weighted by atomic mass is 35.5. The van der Waals surface area contributed by atoms with Crippen LogP contribution in [-0.2, 0) is 13.6 Å². The molecule has 1 saturated carbocycles. The quantitative estimate of drug-likeness (QED) is 0.646. The zero-order valence-electron chi connectivity index (χ0n) is 15.2. The minimum Gasteiger partial charge on any atom is -0.377 e. The van der Waals surface area contributed by atoms with Crippen molar-refractivity contribution in [3.63, 3.8) is 0 Å². The number of nitrogens with one attached hydrogen (secondary N) is 2. The van der Waals surface area contributed by atoms with Crippen molar-refractivity contribution in [2.75, 3.05) is 10.6 Å². The van der Waals surface area contributed by atoms with E-state index < -0.39 is 5.82 Å². The molecule has 0 saturated heterocycles. The average Bonchev–Trinajstić information content (AvgIpc) is 3.46. The summed E-state index contributed by atoms with van der Waals surface area (Å²) in [6, 6.07) is 11.0. The molecule has 144 valence electrons. The summed E-state index contributed by atoms with van der Waals surface area (Å²) < 4.78 is 15.0. The first-order valence-corrected chi connectivity index (χ1v) is 9.38. The van der Waals surface area contributed by atoms with E-state index in [9.17, 15) is 9.18 Å². The summed E-state index contributed by atoms with van der Waals surface area (Å²) in [6.45, 7) is 0.442. The van der Waals surface area contributed by atoms with Gasteiger partial charge in [0.05, 0.1) is 22.8 Å². The van der Waals surface area contributed by atoms with Crippen LogP contribution in [0.15, 0.2) is 42.5 Å². The number of anilines is 2. The van der Waals surface area contributed by atoms with E-state index in [2.05, 4.69) is 20.7 Å². The van der Waals surface area contributed by atoms with Crippen LogP contribution in [0.25, 0.3) is 0 Å². The minimum absolute atomic E-state index is 0.144. The van der Waals surface area contributed by atoms with Gasteiger partial charge in [0.15, 0.2) is 5.82 Å². The van der Waals surface area contributed by atoms with Gasteiger partial charge in [-0.2, -0.15) is 5.10 Å². The number of carbonyl (C=O) groups excluding carboxylic acids is 1. The molecule has 1 aromatic heterocycles. The topological polar surface area (TPSA) is 71.8 Å². The molecule has 4 rings (SSSR count). The molecule has 6 nitrogen and oxygen atoms in total. The molecule has 0 spiro atoms. The van der Waals surface area contributed by atoms with Crippen molar-refractivity contribution < 1.29 is 9.18 Å². The van der Waals surface area contributed by atoms with Gasteiger partial charge in [0.1, 0.15) is 11.6 Å². The van der Waals surface area contributed by atoms with Crippen molar-refractivity contribution in [2.45, 2.75) is 25.3 Å². The molecular weight excluding hydrogens is 381 g/mol. The summed E-state index contributed by atoms with van der Waals surface area (Å²) >= 11 is 6.00. The first-order valence-electron chi connectivity index (χ1n) is 9.00. The Labute approximate surface area is 166 Å². The molecule has 1 amide bonds. The van der Waals surface area contributed by atoms with Gasteiger partial charge >= 0.3 is 0 Å². The molecule has 0 aliphatic heterocycles. The maximum atomic E-state index is 13.2. The lowest BCUT2D eigenvalue weighted by Crippen LogP contribution is -2.16. The van der Waals surface area contributed by atoms with E-state index in [1.807, 2.05) is 19.2 Å². The lowest BCUT2D eigenvalue weighted by molar-refractivity contribution is 0.102. The number of aromatic nitrogens is 3. The fourth-order valence-corrected chi connectivity index (χ4v) is 3.11. The first-order chi connectivity index (χ1) is 13.5. The molecule has 8 heteroatoms. The largest absolute Gasteiger partial charge is 0.377 e. The zero-order chi connectivity index (χ0) is 19.7. The van der Waals surface area contributed by atoms with Crippen LogP contribution in [0, 0.1) is 5.82 Å². The Bertz CT molecular complexity index is 1030. The second-order valence-electron chi connectivity index (χ2n) is 6.76. The molecule has 1 aliphatic rings. The minimum atomic E-state index is -0.459. The lowest BCUT2D eigenvalue weighted by Gasteiger charge is -2.12. The Balaban J connectivity index is 1.49. The van der Waals surface area contributed by atoms with Gasteiger partial charge in [0, 0.05) is 18.7 Å². The van der Waals surface area contributed by atoms with Gasteiger partial charge in [-0.1, -0.05) is 23.7 Å². The fourth-order valence-electron chi connectivity index (χ4n) is 2.90. The number of hydrogen-bond donors (Lipinski definition) is 2. The maximum absolute atomic E-state index is 13.2. The van der Waals surface area contributed by atoms with E-state index in [0.717, 1.165) is 30.6 Å². The number of carbonyl (C=O) groups is 1. The van der Waals surface area contributed by atoms with Gasteiger partial charge in [-0.25, -0.2) is 9.37 Å². The Morgan fingerprint density at radius 1 is 1.25 bits per heavy atom. The monoisotopic (exact) mass is 399 g/mol. The third-order valence-corrected chi connectivity index (χ3v) is 4.91. The molecule has 3 aromatic rings. The molecule has 0 atom stereocenters. The van der Waals surface area contributed by atoms with Crippen molar-refractivity contribution >= 4 is 28.9 Å². The van der Waals surface area contributed by atoms with Crippen molar-refractivity contribution in [3.05, 3.63) is 70.5 Å². The molecule has 1 fully saturated rings. The van der Waals surface area contributed by atoms with E-state index in [1.54, 1.807) is 16.8 Å². The normalized spacial score (nSPS) is 13.4. The van der Waals surface area contributed by atoms with E-state index in [0.29, 0.717) is 29.4 Å². The summed E-state index contributed by atoms with van der Waals surface area (Å²) in [5.41, 5.74) is 1.46. The van der Waals surface area contributed by atoms with Gasteiger partial charge in [-0.05, 0) is 43.2 Å². The maximum Gasteiger partial charge on any atom is 0.257 e. The van der Waals surface area contributed by atoms with Gasteiger partial charge < -0.3 is 10.6 Å². The highest BCUT2D eigenvalue weighted by Crippen LogP contribution is 2.38. The summed E-state index contributed by atoms with van der Waals surface area (Å²) in [5.74, 6) is 1.38. The predicted molar refractivity (Wildman–Crippen MR) is 106 cm³/mol. The van der Waals surface area contributed by atoms with Crippen LogP contribution in [0.4, 0.5) is 15.8 Å². The second-order valence-corrected chi connectivity index (χ2v) is 7.17. The van der Waals surface area contributed by atoms with Gasteiger partial charge in [0.25, 0.3) is 5.91 Å². The zero-order valence-corrected chi connectivity index (χ0v) is 16.0. The van der Waals surface area contributed by atoms with Crippen LogP contribution in [-0.4, -0.2) is 20.7 Å². The molecule has 28 heavy (non-hydrogen) atoms. The third-order valence-electron chi connectivity index (χ3n) is 4.60. The van der Waals surface area contributed by atoms with Crippen LogP contribution in [0.3, 0.4) is 0 Å². The van der Waals surface area contributed by atoms with E-state index in [1.165, 1.54) is 12.1 Å². The van der Waals surface area contributed by atoms with Crippen LogP contribution < -0.4 is 10.6 Å². The predicted octanol–water partition coefficient (Wildman–Crippen LogP) is 4.35. The van der Waals surface area contributed by atoms with Crippen molar-refractivity contribution in [2.24, 2.45) is 7.05 Å². The Hall–Kier alpha value is -2.93. The molecule has 0 unspecified atom stereocenters. The summed E-state index contributed by atoms with van der Waals surface area (Å²) in [4.78, 5) is 17.3. The Morgan fingerprint density at radius 2 is 2.04 bits per heavy atom. The van der Waals surface area contributed by atoms with Crippen LogP contribution in [0.1, 0.15) is 40.8 Å². The van der Waals surface area contributed by atoms with Gasteiger partial charge in [-0.15, -0.1) is 0 Å². The van der Waals surface area contributed by atoms with E-state index in [4.69, 9.17) is 11.6 Å². The number of aryl methyl sites for hydroxylation is 1.